The first-order valence-electron chi connectivity index (χ1n) is 9.50. The molecule has 1 saturated carbocycles. The van der Waals surface area contributed by atoms with Crippen LogP contribution in [0.4, 0.5) is 10.6 Å². The monoisotopic (exact) mass is 410 g/mol. The highest BCUT2D eigenvalue weighted by molar-refractivity contribution is 6.28. The lowest BCUT2D eigenvalue weighted by molar-refractivity contribution is -0.0969. The SMILES string of the molecule is CCOC(C#Cc1cnc(Cl)nc1NC1(CNC(=O)O)CCCCC1)OCC. The molecule has 1 aliphatic carbocycles. The van der Waals surface area contributed by atoms with Crippen LogP contribution in [0.25, 0.3) is 0 Å². The Morgan fingerprint density at radius 3 is 2.61 bits per heavy atom. The Hall–Kier alpha value is -2.08. The largest absolute Gasteiger partial charge is 0.465 e. The van der Waals surface area contributed by atoms with Crippen LogP contribution in [0.1, 0.15) is 51.5 Å². The van der Waals surface area contributed by atoms with Gasteiger partial charge in [0.2, 0.25) is 11.6 Å². The van der Waals surface area contributed by atoms with Crippen LogP contribution < -0.4 is 10.6 Å². The quantitative estimate of drug-likeness (QED) is 0.343. The van der Waals surface area contributed by atoms with Crippen molar-refractivity contribution in [2.24, 2.45) is 0 Å². The molecule has 1 heterocycles. The second-order valence-corrected chi connectivity index (χ2v) is 6.88. The van der Waals surface area contributed by atoms with E-state index < -0.39 is 17.9 Å². The third-order valence-electron chi connectivity index (χ3n) is 4.49. The Labute approximate surface area is 170 Å². The summed E-state index contributed by atoms with van der Waals surface area (Å²) in [6.07, 6.45) is 4.62. The number of anilines is 1. The van der Waals surface area contributed by atoms with Crippen LogP contribution in [0.15, 0.2) is 6.20 Å². The lowest BCUT2D eigenvalue weighted by Crippen LogP contribution is -2.50. The van der Waals surface area contributed by atoms with Crippen molar-refractivity contribution < 1.29 is 19.4 Å². The van der Waals surface area contributed by atoms with Crippen LogP contribution in [-0.2, 0) is 9.47 Å². The number of rotatable bonds is 8. The fourth-order valence-electron chi connectivity index (χ4n) is 3.19. The first kappa shape index (κ1) is 22.2. The summed E-state index contributed by atoms with van der Waals surface area (Å²) in [5, 5.41) is 15.0. The van der Waals surface area contributed by atoms with Gasteiger partial charge in [-0.05, 0) is 44.2 Å². The second-order valence-electron chi connectivity index (χ2n) is 6.54. The van der Waals surface area contributed by atoms with E-state index in [0.29, 0.717) is 24.6 Å². The van der Waals surface area contributed by atoms with E-state index in [4.69, 9.17) is 26.2 Å². The number of hydrogen-bond donors (Lipinski definition) is 3. The minimum Gasteiger partial charge on any atom is -0.465 e. The number of carbonyl (C=O) groups is 1. The number of halogens is 1. The van der Waals surface area contributed by atoms with E-state index in [1.807, 2.05) is 13.8 Å². The van der Waals surface area contributed by atoms with E-state index in [9.17, 15) is 4.79 Å². The molecule has 1 aromatic rings. The van der Waals surface area contributed by atoms with Crippen molar-refractivity contribution in [2.45, 2.75) is 57.8 Å². The Morgan fingerprint density at radius 1 is 1.32 bits per heavy atom. The number of carboxylic acid groups (broad SMARTS) is 1. The molecule has 0 bridgehead atoms. The van der Waals surface area contributed by atoms with Gasteiger partial charge in [0, 0.05) is 26.0 Å². The number of nitrogens with one attached hydrogen (secondary N) is 2. The molecule has 8 nitrogen and oxygen atoms in total. The van der Waals surface area contributed by atoms with Crippen molar-refractivity contribution in [3.8, 4) is 11.8 Å². The second kappa shape index (κ2) is 11.1. The fraction of sp³-hybridized carbons (Fsp3) is 0.632. The molecule has 9 heteroatoms. The van der Waals surface area contributed by atoms with Gasteiger partial charge >= 0.3 is 6.09 Å². The van der Waals surface area contributed by atoms with Gasteiger partial charge in [-0.25, -0.2) is 9.78 Å². The van der Waals surface area contributed by atoms with Crippen LogP contribution in [0.3, 0.4) is 0 Å². The van der Waals surface area contributed by atoms with Crippen LogP contribution in [-0.4, -0.2) is 52.8 Å². The molecule has 2 rings (SSSR count). The fourth-order valence-corrected chi connectivity index (χ4v) is 3.32. The minimum atomic E-state index is -1.05. The number of ether oxygens (including phenoxy) is 2. The van der Waals surface area contributed by atoms with Crippen molar-refractivity contribution in [3.05, 3.63) is 17.0 Å². The maximum Gasteiger partial charge on any atom is 0.404 e. The summed E-state index contributed by atoms with van der Waals surface area (Å²) in [6, 6.07) is 0. The standard InChI is InChI=1S/C19H27ClN4O4/c1-3-27-15(28-4-2)9-8-14-12-21-17(20)23-16(14)24-19(13-22-18(25)26)10-6-5-7-11-19/h12,15,22H,3-7,10-11,13H2,1-2H3,(H,25,26)(H,21,23,24). The molecule has 3 N–H and O–H groups in total. The topological polar surface area (TPSA) is 106 Å². The molecular formula is C19H27ClN4O4. The highest BCUT2D eigenvalue weighted by atomic mass is 35.5. The van der Waals surface area contributed by atoms with Crippen molar-refractivity contribution >= 4 is 23.5 Å². The van der Waals surface area contributed by atoms with E-state index in [-0.39, 0.29) is 11.8 Å². The van der Waals surface area contributed by atoms with E-state index in [0.717, 1.165) is 32.1 Å². The van der Waals surface area contributed by atoms with E-state index in [2.05, 4.69) is 32.4 Å². The van der Waals surface area contributed by atoms with Gasteiger partial charge in [0.05, 0.1) is 11.1 Å². The molecule has 0 saturated heterocycles. The Balaban J connectivity index is 2.28. The Kier molecular flexibility index (Phi) is 8.77. The number of nitrogens with zero attached hydrogens (tertiary/aromatic N) is 2. The van der Waals surface area contributed by atoms with Gasteiger partial charge in [0.25, 0.3) is 0 Å². The molecule has 0 aromatic carbocycles. The molecule has 0 spiro atoms. The summed E-state index contributed by atoms with van der Waals surface area (Å²) in [4.78, 5) is 19.3. The summed E-state index contributed by atoms with van der Waals surface area (Å²) in [5.41, 5.74) is 0.110. The van der Waals surface area contributed by atoms with Crippen molar-refractivity contribution in [3.63, 3.8) is 0 Å². The molecule has 0 unspecified atom stereocenters. The zero-order valence-electron chi connectivity index (χ0n) is 16.3. The summed E-state index contributed by atoms with van der Waals surface area (Å²) in [7, 11) is 0. The van der Waals surface area contributed by atoms with Gasteiger partial charge in [-0.1, -0.05) is 25.2 Å². The molecule has 0 atom stereocenters. The molecule has 1 aromatic heterocycles. The molecule has 0 aliphatic heterocycles. The smallest absolute Gasteiger partial charge is 0.404 e. The average molecular weight is 411 g/mol. The van der Waals surface area contributed by atoms with Gasteiger partial charge < -0.3 is 25.2 Å². The predicted molar refractivity (Wildman–Crippen MR) is 106 cm³/mol. The normalized spacial score (nSPS) is 15.6. The van der Waals surface area contributed by atoms with Gasteiger partial charge in [0.15, 0.2) is 0 Å². The number of hydrogen-bond acceptors (Lipinski definition) is 6. The summed E-state index contributed by atoms with van der Waals surface area (Å²) >= 11 is 6.00. The highest BCUT2D eigenvalue weighted by Crippen LogP contribution is 2.32. The molecule has 0 radical (unpaired) electrons. The van der Waals surface area contributed by atoms with Crippen LogP contribution in [0.5, 0.6) is 0 Å². The summed E-state index contributed by atoms with van der Waals surface area (Å²) in [5.74, 6) is 6.41. The van der Waals surface area contributed by atoms with Gasteiger partial charge in [-0.15, -0.1) is 0 Å². The highest BCUT2D eigenvalue weighted by Gasteiger charge is 2.33. The molecular weight excluding hydrogens is 384 g/mol. The molecule has 28 heavy (non-hydrogen) atoms. The van der Waals surface area contributed by atoms with Gasteiger partial charge in [0.1, 0.15) is 5.82 Å². The minimum absolute atomic E-state index is 0.0939. The predicted octanol–water partition coefficient (Wildman–Crippen LogP) is 3.26. The van der Waals surface area contributed by atoms with Crippen LogP contribution >= 0.6 is 11.6 Å². The Bertz CT molecular complexity index is 708. The van der Waals surface area contributed by atoms with Gasteiger partial charge in [-0.2, -0.15) is 4.98 Å². The van der Waals surface area contributed by atoms with Crippen LogP contribution in [0.2, 0.25) is 5.28 Å². The van der Waals surface area contributed by atoms with Crippen molar-refractivity contribution in [1.82, 2.24) is 15.3 Å². The zero-order valence-corrected chi connectivity index (χ0v) is 17.0. The van der Waals surface area contributed by atoms with E-state index in [1.165, 1.54) is 0 Å². The first-order valence-corrected chi connectivity index (χ1v) is 9.88. The van der Waals surface area contributed by atoms with E-state index in [1.54, 1.807) is 6.20 Å². The molecule has 1 amide bonds. The van der Waals surface area contributed by atoms with Crippen molar-refractivity contribution in [2.75, 3.05) is 25.1 Å². The first-order chi connectivity index (χ1) is 13.5. The maximum absolute atomic E-state index is 11.0. The van der Waals surface area contributed by atoms with E-state index >= 15 is 0 Å². The zero-order chi connectivity index (χ0) is 20.4. The number of amides is 1. The maximum atomic E-state index is 11.0. The third kappa shape index (κ3) is 6.82. The Morgan fingerprint density at radius 2 is 2.00 bits per heavy atom. The third-order valence-corrected chi connectivity index (χ3v) is 4.67. The van der Waals surface area contributed by atoms with Crippen molar-refractivity contribution in [1.29, 1.82) is 0 Å². The molecule has 1 aliphatic rings. The summed E-state index contributed by atoms with van der Waals surface area (Å²) in [6.45, 7) is 4.97. The van der Waals surface area contributed by atoms with Gasteiger partial charge in [-0.3, -0.25) is 0 Å². The molecule has 154 valence electrons. The average Bonchev–Trinajstić information content (AvgIpc) is 2.67. The molecule has 1 fully saturated rings. The van der Waals surface area contributed by atoms with Crippen LogP contribution in [0, 0.1) is 11.8 Å². The number of aromatic nitrogens is 2. The lowest BCUT2D eigenvalue weighted by atomic mass is 9.81. The summed E-state index contributed by atoms with van der Waals surface area (Å²) < 4.78 is 10.9. The lowest BCUT2D eigenvalue weighted by Gasteiger charge is -2.38.